The fourth-order valence-corrected chi connectivity index (χ4v) is 1.77. The number of aromatic amines is 1. The zero-order valence-electron chi connectivity index (χ0n) is 8.30. The van der Waals surface area contributed by atoms with Crippen LogP contribution in [-0.4, -0.2) is 23.1 Å². The zero-order chi connectivity index (χ0) is 11.0. The molecule has 2 rings (SSSR count). The Morgan fingerprint density at radius 2 is 2.33 bits per heavy atom. The summed E-state index contributed by atoms with van der Waals surface area (Å²) in [5.74, 6) is 0.393. The van der Waals surface area contributed by atoms with E-state index in [-0.39, 0.29) is 5.78 Å². The second-order valence-corrected chi connectivity index (χ2v) is 3.56. The van der Waals surface area contributed by atoms with Crippen molar-refractivity contribution in [1.29, 1.82) is 0 Å². The van der Waals surface area contributed by atoms with Gasteiger partial charge in [0, 0.05) is 5.39 Å². The van der Waals surface area contributed by atoms with Crippen LogP contribution >= 0.6 is 11.6 Å². The van der Waals surface area contributed by atoms with Crippen LogP contribution in [0, 0.1) is 0 Å². The fourth-order valence-electron chi connectivity index (χ4n) is 1.52. The molecule has 0 saturated carbocycles. The van der Waals surface area contributed by atoms with Crippen LogP contribution in [0.1, 0.15) is 17.3 Å². The Kier molecular flexibility index (Phi) is 2.36. The minimum Gasteiger partial charge on any atom is -0.494 e. The maximum atomic E-state index is 11.4. The quantitative estimate of drug-likeness (QED) is 0.797. The third-order valence-electron chi connectivity index (χ3n) is 2.22. The van der Waals surface area contributed by atoms with Gasteiger partial charge in [0.05, 0.1) is 23.9 Å². The van der Waals surface area contributed by atoms with E-state index in [0.717, 1.165) is 5.39 Å². The summed E-state index contributed by atoms with van der Waals surface area (Å²) in [6.07, 6.45) is 1.60. The van der Waals surface area contributed by atoms with E-state index in [9.17, 15) is 4.79 Å². The van der Waals surface area contributed by atoms with Crippen molar-refractivity contribution in [3.05, 3.63) is 22.8 Å². The topological polar surface area (TPSA) is 55.0 Å². The van der Waals surface area contributed by atoms with Gasteiger partial charge in [0.15, 0.2) is 11.5 Å². The van der Waals surface area contributed by atoms with E-state index in [1.165, 1.54) is 14.0 Å². The molecule has 1 heterocycles. The first kappa shape index (κ1) is 9.98. The van der Waals surface area contributed by atoms with Gasteiger partial charge in [-0.25, -0.2) is 0 Å². The van der Waals surface area contributed by atoms with Crippen LogP contribution in [0.4, 0.5) is 0 Å². The molecule has 0 atom stereocenters. The number of nitrogens with one attached hydrogen (secondary N) is 1. The van der Waals surface area contributed by atoms with Crippen molar-refractivity contribution in [2.24, 2.45) is 0 Å². The predicted molar refractivity (Wildman–Crippen MR) is 57.7 cm³/mol. The molecular formula is C10H9ClN2O2. The normalized spacial score (nSPS) is 10.6. The van der Waals surface area contributed by atoms with Gasteiger partial charge >= 0.3 is 0 Å². The fraction of sp³-hybridized carbons (Fsp3) is 0.200. The third kappa shape index (κ3) is 1.47. The largest absolute Gasteiger partial charge is 0.494 e. The van der Waals surface area contributed by atoms with E-state index in [4.69, 9.17) is 16.3 Å². The van der Waals surface area contributed by atoms with E-state index < -0.39 is 0 Å². The number of hydrogen-bond donors (Lipinski definition) is 1. The molecular weight excluding hydrogens is 216 g/mol. The monoisotopic (exact) mass is 224 g/mol. The number of ketones is 1. The van der Waals surface area contributed by atoms with E-state index in [1.54, 1.807) is 12.3 Å². The number of fused-ring (bicyclic) bond motifs is 1. The van der Waals surface area contributed by atoms with Crippen LogP contribution in [0.25, 0.3) is 10.9 Å². The summed E-state index contributed by atoms with van der Waals surface area (Å²) in [5.41, 5.74) is 1.11. The number of ether oxygens (including phenoxy) is 1. The molecule has 0 unspecified atom stereocenters. The van der Waals surface area contributed by atoms with Crippen LogP contribution in [0.2, 0.25) is 5.02 Å². The Labute approximate surface area is 91.2 Å². The van der Waals surface area contributed by atoms with Crippen molar-refractivity contribution in [2.45, 2.75) is 6.92 Å². The number of halogens is 1. The third-order valence-corrected chi connectivity index (χ3v) is 2.54. The molecule has 0 bridgehead atoms. The number of methoxy groups -OCH3 is 1. The highest BCUT2D eigenvalue weighted by Gasteiger charge is 2.16. The van der Waals surface area contributed by atoms with Crippen LogP contribution < -0.4 is 4.74 Å². The minimum absolute atomic E-state index is 0.0924. The molecule has 0 aliphatic heterocycles. The number of hydrogen-bond acceptors (Lipinski definition) is 3. The van der Waals surface area contributed by atoms with E-state index in [0.29, 0.717) is 21.9 Å². The summed E-state index contributed by atoms with van der Waals surface area (Å²) in [6.45, 7) is 1.47. The molecule has 0 aliphatic carbocycles. The highest BCUT2D eigenvalue weighted by atomic mass is 35.5. The summed E-state index contributed by atoms with van der Waals surface area (Å²) < 4.78 is 5.18. The van der Waals surface area contributed by atoms with Gasteiger partial charge in [-0.2, -0.15) is 5.10 Å². The maximum absolute atomic E-state index is 11.4. The van der Waals surface area contributed by atoms with E-state index >= 15 is 0 Å². The van der Waals surface area contributed by atoms with E-state index in [1.807, 2.05) is 0 Å². The predicted octanol–water partition coefficient (Wildman–Crippen LogP) is 2.43. The lowest BCUT2D eigenvalue weighted by molar-refractivity contribution is 0.101. The Morgan fingerprint density at radius 1 is 1.60 bits per heavy atom. The lowest BCUT2D eigenvalue weighted by Gasteiger charge is -2.07. The summed E-state index contributed by atoms with van der Waals surface area (Å²) >= 11 is 6.01. The summed E-state index contributed by atoms with van der Waals surface area (Å²) in [4.78, 5) is 11.4. The van der Waals surface area contributed by atoms with Crippen molar-refractivity contribution in [3.8, 4) is 5.75 Å². The minimum atomic E-state index is -0.0924. The lowest BCUT2D eigenvalue weighted by Crippen LogP contribution is -1.98. The standard InChI is InChI=1S/C10H9ClN2O2/c1-5(14)6-3-8(11)7-4-12-13-9(7)10(6)15-2/h3-4H,1-2H3,(H,12,13). The maximum Gasteiger partial charge on any atom is 0.163 e. The number of nitrogens with zero attached hydrogens (tertiary/aromatic N) is 1. The van der Waals surface area contributed by atoms with Gasteiger partial charge in [-0.15, -0.1) is 0 Å². The van der Waals surface area contributed by atoms with Crippen LogP contribution in [0.3, 0.4) is 0 Å². The first-order chi connectivity index (χ1) is 7.15. The number of aromatic nitrogens is 2. The Hall–Kier alpha value is -1.55. The first-order valence-corrected chi connectivity index (χ1v) is 4.73. The molecule has 4 nitrogen and oxygen atoms in total. The van der Waals surface area contributed by atoms with Crippen molar-refractivity contribution >= 4 is 28.3 Å². The number of carbonyl (C=O) groups excluding carboxylic acids is 1. The van der Waals surface area contributed by atoms with Crippen molar-refractivity contribution < 1.29 is 9.53 Å². The molecule has 0 aliphatic rings. The van der Waals surface area contributed by atoms with Gasteiger partial charge in [-0.1, -0.05) is 11.6 Å². The van der Waals surface area contributed by atoms with Crippen molar-refractivity contribution in [3.63, 3.8) is 0 Å². The molecule has 15 heavy (non-hydrogen) atoms. The summed E-state index contributed by atoms with van der Waals surface area (Å²) in [5, 5.41) is 7.87. The van der Waals surface area contributed by atoms with Gasteiger partial charge in [0.1, 0.15) is 5.52 Å². The molecule has 2 aromatic rings. The second-order valence-electron chi connectivity index (χ2n) is 3.15. The molecule has 0 saturated heterocycles. The zero-order valence-corrected chi connectivity index (χ0v) is 9.05. The van der Waals surface area contributed by atoms with Crippen LogP contribution in [0.5, 0.6) is 5.75 Å². The van der Waals surface area contributed by atoms with Gasteiger partial charge in [0.25, 0.3) is 0 Å². The molecule has 1 aromatic carbocycles. The molecule has 78 valence electrons. The molecule has 1 N–H and O–H groups in total. The average molecular weight is 225 g/mol. The molecule has 0 radical (unpaired) electrons. The highest BCUT2D eigenvalue weighted by molar-refractivity contribution is 6.36. The molecule has 0 fully saturated rings. The van der Waals surface area contributed by atoms with E-state index in [2.05, 4.69) is 10.2 Å². The van der Waals surface area contributed by atoms with Gasteiger partial charge in [-0.3, -0.25) is 9.89 Å². The molecule has 0 spiro atoms. The number of benzene rings is 1. The average Bonchev–Trinajstić information content (AvgIpc) is 2.66. The number of carbonyl (C=O) groups is 1. The Morgan fingerprint density at radius 3 is 2.93 bits per heavy atom. The van der Waals surface area contributed by atoms with Crippen molar-refractivity contribution in [1.82, 2.24) is 10.2 Å². The van der Waals surface area contributed by atoms with Gasteiger partial charge in [0.2, 0.25) is 0 Å². The second kappa shape index (κ2) is 3.55. The smallest absolute Gasteiger partial charge is 0.163 e. The number of H-pyrrole nitrogens is 1. The SMILES string of the molecule is COc1c(C(C)=O)cc(Cl)c2cn[nH]c12. The van der Waals surface area contributed by atoms with Crippen LogP contribution in [-0.2, 0) is 0 Å². The Bertz CT molecular complexity index is 533. The lowest BCUT2D eigenvalue weighted by atomic mass is 10.1. The number of rotatable bonds is 2. The first-order valence-electron chi connectivity index (χ1n) is 4.35. The molecule has 5 heteroatoms. The van der Waals surface area contributed by atoms with Crippen molar-refractivity contribution in [2.75, 3.05) is 7.11 Å². The van der Waals surface area contributed by atoms with Crippen LogP contribution in [0.15, 0.2) is 12.3 Å². The molecule has 1 aromatic heterocycles. The summed E-state index contributed by atoms with van der Waals surface area (Å²) in [6, 6.07) is 1.60. The summed E-state index contributed by atoms with van der Waals surface area (Å²) in [7, 11) is 1.51. The van der Waals surface area contributed by atoms with Gasteiger partial charge < -0.3 is 4.74 Å². The highest BCUT2D eigenvalue weighted by Crippen LogP contribution is 2.33. The Balaban J connectivity index is 2.87. The van der Waals surface area contributed by atoms with Gasteiger partial charge in [-0.05, 0) is 13.0 Å². The number of Topliss-reactive ketones (excluding diaryl/α,β-unsaturated/α-hetero) is 1. The molecule has 0 amide bonds.